The summed E-state index contributed by atoms with van der Waals surface area (Å²) < 4.78 is 4.83. The minimum Gasteiger partial charge on any atom is -0.455 e. The molecule has 6 nitrogen and oxygen atoms in total. The molecule has 0 unspecified atom stereocenters. The maximum atomic E-state index is 11.7. The van der Waals surface area contributed by atoms with Gasteiger partial charge in [-0.2, -0.15) is 0 Å². The van der Waals surface area contributed by atoms with Crippen LogP contribution in [-0.2, 0) is 25.5 Å². The van der Waals surface area contributed by atoms with E-state index in [0.717, 1.165) is 6.42 Å². The van der Waals surface area contributed by atoms with E-state index in [1.54, 1.807) is 18.2 Å². The molecule has 0 fully saturated rings. The van der Waals surface area contributed by atoms with E-state index >= 15 is 0 Å². The number of esters is 1. The summed E-state index contributed by atoms with van der Waals surface area (Å²) in [6.07, 6.45) is 0.671. The number of hydrogen-bond donors (Lipinski definition) is 2. The van der Waals surface area contributed by atoms with Crippen molar-refractivity contribution in [2.75, 3.05) is 19.7 Å². The van der Waals surface area contributed by atoms with Crippen molar-refractivity contribution in [3.05, 3.63) is 33.8 Å². The summed E-state index contributed by atoms with van der Waals surface area (Å²) in [5.74, 6) is -1.49. The second kappa shape index (κ2) is 10.1. The van der Waals surface area contributed by atoms with Gasteiger partial charge in [0.05, 0.1) is 13.0 Å². The fourth-order valence-electron chi connectivity index (χ4n) is 1.60. The molecule has 0 aliphatic carbocycles. The summed E-state index contributed by atoms with van der Waals surface area (Å²) in [5, 5.41) is 5.67. The van der Waals surface area contributed by atoms with E-state index in [9.17, 15) is 14.4 Å². The van der Waals surface area contributed by atoms with Gasteiger partial charge in [-0.15, -0.1) is 0 Å². The van der Waals surface area contributed by atoms with Gasteiger partial charge in [-0.1, -0.05) is 36.2 Å². The molecule has 0 radical (unpaired) electrons. The highest BCUT2D eigenvalue weighted by atomic mass is 35.5. The van der Waals surface area contributed by atoms with Gasteiger partial charge in [0.2, 0.25) is 5.91 Å². The Kier molecular flexibility index (Phi) is 8.43. The molecule has 2 N–H and O–H groups in total. The predicted molar refractivity (Wildman–Crippen MR) is 87.4 cm³/mol. The molecule has 8 heteroatoms. The molecule has 2 amide bonds. The van der Waals surface area contributed by atoms with Crippen molar-refractivity contribution in [3.63, 3.8) is 0 Å². The fourth-order valence-corrected chi connectivity index (χ4v) is 2.13. The molecule has 0 aliphatic rings. The minimum atomic E-state index is -0.634. The van der Waals surface area contributed by atoms with E-state index in [-0.39, 0.29) is 18.9 Å². The number of carbonyl (C=O) groups excluding carboxylic acids is 3. The Balaban J connectivity index is 2.33. The zero-order valence-electron chi connectivity index (χ0n) is 12.7. The number of carbonyl (C=O) groups is 3. The first-order valence-electron chi connectivity index (χ1n) is 7.06. The highest BCUT2D eigenvalue weighted by molar-refractivity contribution is 6.36. The molecular formula is C15H18Cl2N2O4. The van der Waals surface area contributed by atoms with E-state index < -0.39 is 18.5 Å². The average Bonchev–Trinajstić information content (AvgIpc) is 2.52. The lowest BCUT2D eigenvalue weighted by Gasteiger charge is -2.08. The van der Waals surface area contributed by atoms with Crippen molar-refractivity contribution >= 4 is 41.0 Å². The van der Waals surface area contributed by atoms with Gasteiger partial charge >= 0.3 is 5.97 Å². The van der Waals surface area contributed by atoms with Gasteiger partial charge in [0.15, 0.2) is 6.61 Å². The van der Waals surface area contributed by atoms with Gasteiger partial charge in [-0.3, -0.25) is 14.4 Å². The van der Waals surface area contributed by atoms with E-state index in [4.69, 9.17) is 27.9 Å². The summed E-state index contributed by atoms with van der Waals surface area (Å²) in [5.41, 5.74) is 0.445. The Morgan fingerprint density at radius 3 is 2.35 bits per heavy atom. The number of benzene rings is 1. The zero-order valence-corrected chi connectivity index (χ0v) is 14.2. The summed E-state index contributed by atoms with van der Waals surface area (Å²) >= 11 is 11.9. The number of amides is 2. The fraction of sp³-hybridized carbons (Fsp3) is 0.400. The van der Waals surface area contributed by atoms with Gasteiger partial charge in [0.1, 0.15) is 0 Å². The lowest BCUT2D eigenvalue weighted by molar-refractivity contribution is -0.147. The summed E-state index contributed by atoms with van der Waals surface area (Å²) in [6.45, 7) is 1.83. The molecular weight excluding hydrogens is 343 g/mol. The van der Waals surface area contributed by atoms with Crippen LogP contribution in [-0.4, -0.2) is 37.5 Å². The van der Waals surface area contributed by atoms with Crippen LogP contribution in [0.3, 0.4) is 0 Å². The third-order valence-electron chi connectivity index (χ3n) is 2.77. The summed E-state index contributed by atoms with van der Waals surface area (Å²) in [6, 6.07) is 4.88. The standard InChI is InChI=1S/C15H18Cl2N2O4/c1-2-6-18-13(20)8-19-14(21)9-23-15(22)7-10-11(16)4-3-5-12(10)17/h3-5H,2,6-9H2,1H3,(H,18,20)(H,19,21). The molecule has 126 valence electrons. The summed E-state index contributed by atoms with van der Waals surface area (Å²) in [4.78, 5) is 34.5. The van der Waals surface area contributed by atoms with Crippen molar-refractivity contribution in [1.29, 1.82) is 0 Å². The second-order valence-electron chi connectivity index (χ2n) is 4.66. The lowest BCUT2D eigenvalue weighted by Crippen LogP contribution is -2.39. The van der Waals surface area contributed by atoms with E-state index in [1.165, 1.54) is 0 Å². The number of hydrogen-bond acceptors (Lipinski definition) is 4. The molecule has 1 aromatic rings. The van der Waals surface area contributed by atoms with Crippen molar-refractivity contribution in [3.8, 4) is 0 Å². The van der Waals surface area contributed by atoms with Gasteiger partial charge in [-0.05, 0) is 18.6 Å². The highest BCUT2D eigenvalue weighted by Gasteiger charge is 2.13. The Morgan fingerprint density at radius 2 is 1.74 bits per heavy atom. The molecule has 0 saturated carbocycles. The number of nitrogens with one attached hydrogen (secondary N) is 2. The maximum Gasteiger partial charge on any atom is 0.310 e. The first kappa shape index (κ1) is 19.3. The number of rotatable bonds is 8. The predicted octanol–water partition coefficient (Wildman–Crippen LogP) is 1.72. The van der Waals surface area contributed by atoms with Crippen LogP contribution in [0.15, 0.2) is 18.2 Å². The molecule has 0 aromatic heterocycles. The normalized spacial score (nSPS) is 10.0. The Hall–Kier alpha value is -1.79. The Labute approximate surface area is 144 Å². The van der Waals surface area contributed by atoms with Gasteiger partial charge < -0.3 is 15.4 Å². The van der Waals surface area contributed by atoms with Crippen LogP contribution in [0.5, 0.6) is 0 Å². The van der Waals surface area contributed by atoms with Crippen molar-refractivity contribution in [1.82, 2.24) is 10.6 Å². The lowest BCUT2D eigenvalue weighted by atomic mass is 10.1. The van der Waals surface area contributed by atoms with Crippen LogP contribution >= 0.6 is 23.2 Å². The van der Waals surface area contributed by atoms with Crippen LogP contribution in [0.1, 0.15) is 18.9 Å². The van der Waals surface area contributed by atoms with Crippen LogP contribution in [0.25, 0.3) is 0 Å². The number of ether oxygens (including phenoxy) is 1. The Morgan fingerprint density at radius 1 is 1.09 bits per heavy atom. The van der Waals surface area contributed by atoms with Gasteiger partial charge in [-0.25, -0.2) is 0 Å². The zero-order chi connectivity index (χ0) is 17.2. The number of halogens is 2. The largest absolute Gasteiger partial charge is 0.455 e. The van der Waals surface area contributed by atoms with Gasteiger partial charge in [0, 0.05) is 22.2 Å². The minimum absolute atomic E-state index is 0.136. The molecule has 0 bridgehead atoms. The third-order valence-corrected chi connectivity index (χ3v) is 3.47. The first-order chi connectivity index (χ1) is 10.9. The van der Waals surface area contributed by atoms with Crippen LogP contribution in [0.2, 0.25) is 10.0 Å². The molecule has 1 rings (SSSR count). The molecule has 0 saturated heterocycles. The second-order valence-corrected chi connectivity index (χ2v) is 5.48. The van der Waals surface area contributed by atoms with E-state index in [0.29, 0.717) is 22.2 Å². The van der Waals surface area contributed by atoms with E-state index in [1.807, 2.05) is 6.92 Å². The van der Waals surface area contributed by atoms with E-state index in [2.05, 4.69) is 10.6 Å². The molecule has 0 aliphatic heterocycles. The van der Waals surface area contributed by atoms with Gasteiger partial charge in [0.25, 0.3) is 5.91 Å². The molecule has 0 heterocycles. The summed E-state index contributed by atoms with van der Waals surface area (Å²) in [7, 11) is 0. The smallest absolute Gasteiger partial charge is 0.310 e. The van der Waals surface area contributed by atoms with Crippen LogP contribution in [0.4, 0.5) is 0 Å². The van der Waals surface area contributed by atoms with Crippen molar-refractivity contribution < 1.29 is 19.1 Å². The van der Waals surface area contributed by atoms with Crippen LogP contribution < -0.4 is 10.6 Å². The molecule has 1 aromatic carbocycles. The third kappa shape index (κ3) is 7.34. The topological polar surface area (TPSA) is 84.5 Å². The quantitative estimate of drug-likeness (QED) is 0.691. The molecule has 0 spiro atoms. The monoisotopic (exact) mass is 360 g/mol. The van der Waals surface area contributed by atoms with Crippen molar-refractivity contribution in [2.45, 2.75) is 19.8 Å². The molecule has 0 atom stereocenters. The Bertz CT molecular complexity index is 558. The highest BCUT2D eigenvalue weighted by Crippen LogP contribution is 2.24. The molecule has 23 heavy (non-hydrogen) atoms. The maximum absolute atomic E-state index is 11.7. The van der Waals surface area contributed by atoms with Crippen LogP contribution in [0, 0.1) is 0 Å². The SMILES string of the molecule is CCCNC(=O)CNC(=O)COC(=O)Cc1c(Cl)cccc1Cl. The van der Waals surface area contributed by atoms with Crippen molar-refractivity contribution in [2.24, 2.45) is 0 Å². The first-order valence-corrected chi connectivity index (χ1v) is 7.81. The average molecular weight is 361 g/mol.